The highest BCUT2D eigenvalue weighted by Gasteiger charge is 2.37. The van der Waals surface area contributed by atoms with Crippen molar-refractivity contribution in [2.75, 3.05) is 44.2 Å². The van der Waals surface area contributed by atoms with Gasteiger partial charge in [-0.25, -0.2) is 8.42 Å². The summed E-state index contributed by atoms with van der Waals surface area (Å²) < 4.78 is 27.1. The first kappa shape index (κ1) is 23.7. The summed E-state index contributed by atoms with van der Waals surface area (Å²) in [6, 6.07) is 4.14. The van der Waals surface area contributed by atoms with Gasteiger partial charge in [0.05, 0.1) is 4.90 Å². The lowest BCUT2D eigenvalue weighted by atomic mass is 10.1. The van der Waals surface area contributed by atoms with Crippen LogP contribution in [0.2, 0.25) is 0 Å². The molecule has 1 N–H and O–H groups in total. The molecule has 0 radical (unpaired) electrons. The number of rotatable bonds is 9. The van der Waals surface area contributed by atoms with Gasteiger partial charge < -0.3 is 10.2 Å². The summed E-state index contributed by atoms with van der Waals surface area (Å²) in [5.41, 5.74) is 1.32. The fourth-order valence-corrected chi connectivity index (χ4v) is 6.05. The third kappa shape index (κ3) is 5.10. The minimum absolute atomic E-state index is 0.194. The van der Waals surface area contributed by atoms with Gasteiger partial charge in [0.15, 0.2) is 0 Å². The lowest BCUT2D eigenvalue weighted by Gasteiger charge is -2.24. The normalized spacial score (nSPS) is 19.1. The van der Waals surface area contributed by atoms with Gasteiger partial charge in [0.2, 0.25) is 21.8 Å². The molecule has 8 nitrogen and oxygen atoms in total. The van der Waals surface area contributed by atoms with E-state index in [1.807, 2.05) is 0 Å². The molecular weight excluding hydrogens is 416 g/mol. The quantitative estimate of drug-likeness (QED) is 0.577. The molecule has 1 aromatic rings. The summed E-state index contributed by atoms with van der Waals surface area (Å²) in [4.78, 5) is 29.3. The van der Waals surface area contributed by atoms with E-state index in [0.29, 0.717) is 37.3 Å². The number of anilines is 1. The van der Waals surface area contributed by atoms with Crippen LogP contribution in [0.15, 0.2) is 23.1 Å². The Morgan fingerprint density at radius 3 is 2.45 bits per heavy atom. The van der Waals surface area contributed by atoms with Crippen molar-refractivity contribution in [1.82, 2.24) is 14.5 Å². The van der Waals surface area contributed by atoms with Gasteiger partial charge in [-0.1, -0.05) is 13.8 Å². The molecule has 1 atom stereocenters. The summed E-state index contributed by atoms with van der Waals surface area (Å²) in [6.45, 7) is 9.60. The van der Waals surface area contributed by atoms with Crippen LogP contribution in [0.4, 0.5) is 5.69 Å². The number of carbonyl (C=O) groups excluding carboxylic acids is 2. The van der Waals surface area contributed by atoms with Crippen molar-refractivity contribution < 1.29 is 18.0 Å². The van der Waals surface area contributed by atoms with Crippen LogP contribution in [-0.4, -0.2) is 74.7 Å². The van der Waals surface area contributed by atoms with Crippen LogP contribution < -0.4 is 10.2 Å². The second kappa shape index (κ2) is 10.1. The van der Waals surface area contributed by atoms with Crippen molar-refractivity contribution in [3.05, 3.63) is 23.8 Å². The number of benzene rings is 1. The van der Waals surface area contributed by atoms with Crippen LogP contribution >= 0.6 is 0 Å². The summed E-state index contributed by atoms with van der Waals surface area (Å²) in [5.74, 6) is -0.420. The van der Waals surface area contributed by atoms with Crippen molar-refractivity contribution in [3.8, 4) is 0 Å². The highest BCUT2D eigenvalue weighted by molar-refractivity contribution is 7.89. The lowest BCUT2D eigenvalue weighted by Crippen LogP contribution is -2.47. The molecule has 2 aliphatic heterocycles. The molecule has 0 bridgehead atoms. The number of fused-ring (bicyclic) bond motifs is 1. The summed E-state index contributed by atoms with van der Waals surface area (Å²) in [6.07, 6.45) is 3.67. The maximum Gasteiger partial charge on any atom is 0.243 e. The van der Waals surface area contributed by atoms with E-state index < -0.39 is 16.1 Å². The van der Waals surface area contributed by atoms with E-state index in [1.165, 1.54) is 35.0 Å². The van der Waals surface area contributed by atoms with Crippen LogP contribution in [0.3, 0.4) is 0 Å². The lowest BCUT2D eigenvalue weighted by molar-refractivity contribution is -0.125. The highest BCUT2D eigenvalue weighted by atomic mass is 32.2. The molecule has 1 saturated heterocycles. The van der Waals surface area contributed by atoms with Crippen molar-refractivity contribution in [2.45, 2.75) is 57.4 Å². The van der Waals surface area contributed by atoms with Gasteiger partial charge in [-0.05, 0) is 62.7 Å². The van der Waals surface area contributed by atoms with Crippen LogP contribution in [0.25, 0.3) is 0 Å². The Labute approximate surface area is 185 Å². The third-order valence-electron chi connectivity index (χ3n) is 6.17. The average molecular weight is 451 g/mol. The number of hydrogen-bond donors (Lipinski definition) is 1. The Morgan fingerprint density at radius 1 is 1.16 bits per heavy atom. The number of sulfonamides is 1. The number of amides is 2. The Balaban J connectivity index is 1.70. The smallest absolute Gasteiger partial charge is 0.243 e. The minimum atomic E-state index is -3.60. The molecule has 0 saturated carbocycles. The molecule has 1 fully saturated rings. The molecule has 172 valence electrons. The number of carbonyl (C=O) groups is 2. The first-order chi connectivity index (χ1) is 14.8. The van der Waals surface area contributed by atoms with Gasteiger partial charge in [0, 0.05) is 38.7 Å². The number of nitrogens with zero attached hydrogens (tertiary/aromatic N) is 3. The van der Waals surface area contributed by atoms with E-state index in [4.69, 9.17) is 0 Å². The second-order valence-electron chi connectivity index (χ2n) is 8.18. The molecule has 2 amide bonds. The Bertz CT molecular complexity index is 908. The molecule has 3 rings (SSSR count). The maximum absolute atomic E-state index is 12.9. The van der Waals surface area contributed by atoms with Crippen LogP contribution in [0.1, 0.15) is 45.6 Å². The molecule has 0 aromatic heterocycles. The number of nitrogens with one attached hydrogen (secondary N) is 1. The van der Waals surface area contributed by atoms with E-state index in [1.54, 1.807) is 26.0 Å². The van der Waals surface area contributed by atoms with Gasteiger partial charge >= 0.3 is 0 Å². The molecule has 1 aromatic carbocycles. The fraction of sp³-hybridized carbons (Fsp3) is 0.636. The molecule has 2 aliphatic rings. The zero-order valence-corrected chi connectivity index (χ0v) is 19.6. The van der Waals surface area contributed by atoms with Crippen LogP contribution in [0, 0.1) is 0 Å². The largest absolute Gasteiger partial charge is 0.354 e. The second-order valence-corrected chi connectivity index (χ2v) is 10.1. The monoisotopic (exact) mass is 450 g/mol. The molecule has 2 heterocycles. The van der Waals surface area contributed by atoms with Gasteiger partial charge in [-0.3, -0.25) is 14.5 Å². The van der Waals surface area contributed by atoms with Gasteiger partial charge in [0.25, 0.3) is 0 Å². The van der Waals surface area contributed by atoms with E-state index in [0.717, 1.165) is 26.1 Å². The van der Waals surface area contributed by atoms with Crippen molar-refractivity contribution in [3.63, 3.8) is 0 Å². The first-order valence-corrected chi connectivity index (χ1v) is 12.7. The highest BCUT2D eigenvalue weighted by Crippen LogP contribution is 2.34. The number of hydrogen-bond acceptors (Lipinski definition) is 5. The molecule has 31 heavy (non-hydrogen) atoms. The van der Waals surface area contributed by atoms with E-state index in [2.05, 4.69) is 10.2 Å². The van der Waals surface area contributed by atoms with Crippen LogP contribution in [-0.2, 0) is 26.0 Å². The maximum atomic E-state index is 12.9. The van der Waals surface area contributed by atoms with E-state index in [9.17, 15) is 18.0 Å². The van der Waals surface area contributed by atoms with Gasteiger partial charge in [0.1, 0.15) is 6.04 Å². The molecule has 9 heteroatoms. The Hall–Kier alpha value is -1.97. The van der Waals surface area contributed by atoms with Crippen molar-refractivity contribution >= 4 is 27.5 Å². The third-order valence-corrected chi connectivity index (χ3v) is 8.22. The standard InChI is InChI=1S/C22H34N4O4S/c1-4-25(5-2)31(29,30)19-9-10-20-18(15-19)16-21(26(20)17(3)27)22(28)23-11-8-14-24-12-6-7-13-24/h9-10,15,21H,4-8,11-14,16H2,1-3H3,(H,23,28)/t21-/m0/s1. The summed E-state index contributed by atoms with van der Waals surface area (Å²) in [5, 5.41) is 2.96. The predicted octanol–water partition coefficient (Wildman–Crippen LogP) is 1.60. The van der Waals surface area contributed by atoms with Crippen LogP contribution in [0.5, 0.6) is 0 Å². The van der Waals surface area contributed by atoms with E-state index >= 15 is 0 Å². The van der Waals surface area contributed by atoms with Gasteiger partial charge in [-0.2, -0.15) is 4.31 Å². The fourth-order valence-electron chi connectivity index (χ4n) is 4.54. The minimum Gasteiger partial charge on any atom is -0.354 e. The number of likely N-dealkylation sites (tertiary alicyclic amines) is 1. The first-order valence-electron chi connectivity index (χ1n) is 11.2. The summed E-state index contributed by atoms with van der Waals surface area (Å²) >= 11 is 0. The molecular formula is C22H34N4O4S. The topological polar surface area (TPSA) is 90.0 Å². The summed E-state index contributed by atoms with van der Waals surface area (Å²) in [7, 11) is -3.60. The van der Waals surface area contributed by atoms with Crippen molar-refractivity contribution in [2.24, 2.45) is 0 Å². The Kier molecular flexibility index (Phi) is 7.72. The average Bonchev–Trinajstić information content (AvgIpc) is 3.38. The van der Waals surface area contributed by atoms with E-state index in [-0.39, 0.29) is 16.7 Å². The molecule has 0 aliphatic carbocycles. The van der Waals surface area contributed by atoms with Crippen molar-refractivity contribution in [1.29, 1.82) is 0 Å². The SMILES string of the molecule is CCN(CC)S(=O)(=O)c1ccc2c(c1)C[C@@H](C(=O)NCCCN1CCCC1)N2C(C)=O. The zero-order valence-electron chi connectivity index (χ0n) is 18.8. The zero-order chi connectivity index (χ0) is 22.6. The molecule has 0 unspecified atom stereocenters. The van der Waals surface area contributed by atoms with Gasteiger partial charge in [-0.15, -0.1) is 0 Å². The predicted molar refractivity (Wildman–Crippen MR) is 121 cm³/mol. The Morgan fingerprint density at radius 2 is 1.84 bits per heavy atom. The molecule has 0 spiro atoms.